The average molecular weight is 699 g/mol. The first kappa shape index (κ1) is 35.9. The van der Waals surface area contributed by atoms with E-state index in [1.165, 1.54) is 20.3 Å². The van der Waals surface area contributed by atoms with E-state index in [-0.39, 0.29) is 36.2 Å². The molecule has 0 aromatic heterocycles. The van der Waals surface area contributed by atoms with Gasteiger partial charge in [0.05, 0.1) is 46.8 Å². The lowest BCUT2D eigenvalue weighted by atomic mass is 9.81. The Morgan fingerprint density at radius 1 is 0.653 bits per heavy atom. The van der Waals surface area contributed by atoms with Gasteiger partial charge in [-0.3, -0.25) is 0 Å². The van der Waals surface area contributed by atoms with Crippen LogP contribution in [0.15, 0.2) is 36.4 Å². The van der Waals surface area contributed by atoms with Crippen molar-refractivity contribution in [2.24, 2.45) is 5.92 Å². The highest BCUT2D eigenvalue weighted by Crippen LogP contribution is 2.54. The van der Waals surface area contributed by atoms with E-state index in [4.69, 9.17) is 37.9 Å². The Balaban J connectivity index is 1.17. The van der Waals surface area contributed by atoms with Crippen LogP contribution in [0.3, 0.4) is 0 Å². The van der Waals surface area contributed by atoms with Crippen LogP contribution >= 0.6 is 0 Å². The van der Waals surface area contributed by atoms with Crippen molar-refractivity contribution < 1.29 is 83.9 Å². The molecule has 9 N–H and O–H groups in total. The van der Waals surface area contributed by atoms with E-state index in [9.17, 15) is 46.0 Å². The van der Waals surface area contributed by atoms with Crippen LogP contribution in [0.25, 0.3) is 0 Å². The number of hydrogen-bond acceptors (Lipinski definition) is 17. The summed E-state index contributed by atoms with van der Waals surface area (Å²) < 4.78 is 45.7. The molecule has 0 unspecified atom stereocenters. The van der Waals surface area contributed by atoms with Crippen molar-refractivity contribution in [3.8, 4) is 23.0 Å². The van der Waals surface area contributed by atoms with Gasteiger partial charge in [-0.15, -0.1) is 0 Å². The molecule has 4 aliphatic heterocycles. The van der Waals surface area contributed by atoms with Crippen LogP contribution in [0, 0.1) is 5.92 Å². The van der Waals surface area contributed by atoms with Crippen molar-refractivity contribution in [2.75, 3.05) is 40.6 Å². The van der Waals surface area contributed by atoms with Crippen molar-refractivity contribution in [3.63, 3.8) is 0 Å². The molecule has 49 heavy (non-hydrogen) atoms. The average Bonchev–Trinajstić information content (AvgIpc) is 3.63. The summed E-state index contributed by atoms with van der Waals surface area (Å²) in [5.41, 5.74) is -0.300. The number of aliphatic hydroxyl groups excluding tert-OH is 8. The first-order chi connectivity index (χ1) is 23.4. The zero-order chi connectivity index (χ0) is 35.2. The third kappa shape index (κ3) is 6.44. The Bertz CT molecular complexity index is 1440. The predicted molar refractivity (Wildman–Crippen MR) is 161 cm³/mol. The second-order valence-electron chi connectivity index (χ2n) is 12.5. The number of ether oxygens (including phenoxy) is 8. The Hall–Kier alpha value is -2.88. The molecule has 0 saturated carbocycles. The quantitative estimate of drug-likeness (QED) is 0.122. The molecule has 0 amide bonds. The number of hydrogen-bond donors (Lipinski definition) is 9. The van der Waals surface area contributed by atoms with Crippen molar-refractivity contribution in [2.45, 2.75) is 79.2 Å². The minimum atomic E-state index is -1.62. The zero-order valence-electron chi connectivity index (χ0n) is 26.6. The Kier molecular flexibility index (Phi) is 10.6. The van der Waals surface area contributed by atoms with Crippen molar-refractivity contribution in [3.05, 3.63) is 47.5 Å². The van der Waals surface area contributed by atoms with Gasteiger partial charge in [0.15, 0.2) is 23.0 Å². The van der Waals surface area contributed by atoms with Gasteiger partial charge >= 0.3 is 0 Å². The molecule has 17 heteroatoms. The SMILES string of the molecule is COc1cc([C@@H]2OC[C@]3(O)[C@H](c4ccc(O[C@@H]5O[C@H](CO)[C@@H](O)[C@H](O)[C@H]5O)c(OC)c4)OC[C@@H]23)ccc1O[C@H]1O[C@@H](CO)[C@@H](O)[C@H](O)[C@@H]1O. The molecular weight excluding hydrogens is 656 g/mol. The van der Waals surface area contributed by atoms with E-state index in [2.05, 4.69) is 0 Å². The van der Waals surface area contributed by atoms with Crippen LogP contribution in [0.2, 0.25) is 0 Å². The maximum Gasteiger partial charge on any atom is 0.229 e. The van der Waals surface area contributed by atoms with Crippen LogP contribution in [0.1, 0.15) is 23.3 Å². The molecule has 0 spiro atoms. The second-order valence-corrected chi connectivity index (χ2v) is 12.5. The fraction of sp³-hybridized carbons (Fsp3) is 0.625. The van der Waals surface area contributed by atoms with Gasteiger partial charge in [0, 0.05) is 5.92 Å². The Labute approximate surface area is 280 Å². The molecule has 14 atom stereocenters. The molecule has 2 aromatic rings. The maximum atomic E-state index is 11.9. The van der Waals surface area contributed by atoms with E-state index in [0.29, 0.717) is 11.1 Å². The van der Waals surface area contributed by atoms with Crippen LogP contribution in [0.4, 0.5) is 0 Å². The fourth-order valence-corrected chi connectivity index (χ4v) is 6.75. The first-order valence-corrected chi connectivity index (χ1v) is 15.7. The summed E-state index contributed by atoms with van der Waals surface area (Å²) in [5.74, 6) is 0.165. The molecule has 4 fully saturated rings. The van der Waals surface area contributed by atoms with Crippen LogP contribution in [0.5, 0.6) is 23.0 Å². The van der Waals surface area contributed by atoms with E-state index in [0.717, 1.165) is 0 Å². The fourth-order valence-electron chi connectivity index (χ4n) is 6.75. The standard InChI is InChI=1S/C32H42O17/c1-42-18-7-13(3-5-16(18)46-30-26(39)24(37)22(35)20(9-33)48-30)28-15-11-44-29(32(15,41)12-45-28)14-4-6-17(19(8-14)43-2)47-31-27(40)25(38)23(36)21(10-34)49-31/h3-8,15,20-31,33-41H,9-12H2,1-2H3/t15-,20-,21+,22+,23+,24-,25-,26-,27+,28-,29-,30-,31+,32+/m0/s1. The first-order valence-electron chi connectivity index (χ1n) is 15.7. The lowest BCUT2D eigenvalue weighted by Crippen LogP contribution is -2.60. The summed E-state index contributed by atoms with van der Waals surface area (Å²) in [6.07, 6.45) is -16.2. The number of fused-ring (bicyclic) bond motifs is 1. The number of rotatable bonds is 10. The summed E-state index contributed by atoms with van der Waals surface area (Å²) in [6, 6.07) is 9.60. The lowest BCUT2D eigenvalue weighted by molar-refractivity contribution is -0.277. The highest BCUT2D eigenvalue weighted by Gasteiger charge is 2.59. The third-order valence-electron chi connectivity index (χ3n) is 9.59. The van der Waals surface area contributed by atoms with E-state index >= 15 is 0 Å². The van der Waals surface area contributed by atoms with E-state index < -0.39 is 98.4 Å². The molecule has 272 valence electrons. The number of benzene rings is 2. The molecule has 4 aliphatic rings. The van der Waals surface area contributed by atoms with Gasteiger partial charge in [0.1, 0.15) is 60.5 Å². The van der Waals surface area contributed by atoms with Gasteiger partial charge in [0.2, 0.25) is 12.6 Å². The highest BCUT2D eigenvalue weighted by atomic mass is 16.7. The monoisotopic (exact) mass is 698 g/mol. The summed E-state index contributed by atoms with van der Waals surface area (Å²) in [6.45, 7) is -1.18. The zero-order valence-corrected chi connectivity index (χ0v) is 26.6. The van der Waals surface area contributed by atoms with Gasteiger partial charge in [0.25, 0.3) is 0 Å². The molecule has 0 bridgehead atoms. The van der Waals surface area contributed by atoms with Crippen LogP contribution in [-0.4, -0.2) is 154 Å². The summed E-state index contributed by atoms with van der Waals surface area (Å²) >= 11 is 0. The number of aliphatic hydroxyl groups is 9. The summed E-state index contributed by atoms with van der Waals surface area (Å²) in [5, 5.41) is 92.0. The Morgan fingerprint density at radius 3 is 1.63 bits per heavy atom. The van der Waals surface area contributed by atoms with Crippen molar-refractivity contribution in [1.82, 2.24) is 0 Å². The Morgan fingerprint density at radius 2 is 1.14 bits per heavy atom. The largest absolute Gasteiger partial charge is 0.493 e. The topological polar surface area (TPSA) is 256 Å². The van der Waals surface area contributed by atoms with Gasteiger partial charge in [-0.05, 0) is 35.4 Å². The lowest BCUT2D eigenvalue weighted by Gasteiger charge is -2.39. The van der Waals surface area contributed by atoms with Gasteiger partial charge < -0.3 is 83.9 Å². The van der Waals surface area contributed by atoms with E-state index in [1.54, 1.807) is 30.3 Å². The normalized spacial score (nSPS) is 40.5. The van der Waals surface area contributed by atoms with Gasteiger partial charge in [-0.1, -0.05) is 12.1 Å². The maximum absolute atomic E-state index is 11.9. The smallest absolute Gasteiger partial charge is 0.229 e. The molecule has 4 saturated heterocycles. The van der Waals surface area contributed by atoms with Crippen molar-refractivity contribution >= 4 is 0 Å². The predicted octanol–water partition coefficient (Wildman–Crippen LogP) is -2.75. The van der Waals surface area contributed by atoms with E-state index in [1.807, 2.05) is 0 Å². The van der Waals surface area contributed by atoms with Crippen molar-refractivity contribution in [1.29, 1.82) is 0 Å². The van der Waals surface area contributed by atoms with Gasteiger partial charge in [-0.25, -0.2) is 0 Å². The highest BCUT2D eigenvalue weighted by molar-refractivity contribution is 5.46. The second kappa shape index (κ2) is 14.4. The molecule has 0 radical (unpaired) electrons. The van der Waals surface area contributed by atoms with Gasteiger partial charge in [-0.2, -0.15) is 0 Å². The molecule has 17 nitrogen and oxygen atoms in total. The molecule has 2 aromatic carbocycles. The molecule has 0 aliphatic carbocycles. The minimum Gasteiger partial charge on any atom is -0.493 e. The minimum absolute atomic E-state index is 0.0795. The summed E-state index contributed by atoms with van der Waals surface area (Å²) in [7, 11) is 2.79. The summed E-state index contributed by atoms with van der Waals surface area (Å²) in [4.78, 5) is 0. The number of methoxy groups -OCH3 is 2. The molecule has 4 heterocycles. The molecular formula is C32H42O17. The third-order valence-corrected chi connectivity index (χ3v) is 9.59. The van der Waals surface area contributed by atoms with Crippen LogP contribution < -0.4 is 18.9 Å². The molecule has 6 rings (SSSR count). The van der Waals surface area contributed by atoms with Crippen LogP contribution in [-0.2, 0) is 18.9 Å².